The third-order valence-corrected chi connectivity index (χ3v) is 3.94. The van der Waals surface area contributed by atoms with Crippen LogP contribution in [0.15, 0.2) is 53.3 Å². The Hall–Kier alpha value is -3.12. The van der Waals surface area contributed by atoms with Crippen molar-refractivity contribution in [1.82, 2.24) is 4.98 Å². The number of pyridine rings is 1. The van der Waals surface area contributed by atoms with Gasteiger partial charge in [-0.3, -0.25) is 9.59 Å². The fraction of sp³-hybridized carbons (Fsp3) is 0.158. The van der Waals surface area contributed by atoms with E-state index in [2.05, 4.69) is 15.6 Å². The Kier molecular flexibility index (Phi) is 4.81. The minimum Gasteiger partial charge on any atom is -0.392 e. The number of aliphatic hydroxyl groups excluding tert-OH is 1. The number of para-hydroxylation sites is 1. The SMILES string of the molecule is CCNc1ccc(NC(=O)c2c(CO)c3ccccc3[nH]c2=O)cc1. The molecule has 3 rings (SSSR count). The van der Waals surface area contributed by atoms with E-state index in [1.54, 1.807) is 36.4 Å². The number of anilines is 2. The molecule has 0 spiro atoms. The van der Waals surface area contributed by atoms with Crippen molar-refractivity contribution in [3.63, 3.8) is 0 Å². The molecule has 0 radical (unpaired) electrons. The number of hydrogen-bond donors (Lipinski definition) is 4. The number of aromatic amines is 1. The van der Waals surface area contributed by atoms with Crippen molar-refractivity contribution in [1.29, 1.82) is 0 Å². The lowest BCUT2D eigenvalue weighted by molar-refractivity contribution is 0.102. The first-order valence-electron chi connectivity index (χ1n) is 8.04. The topological polar surface area (TPSA) is 94.2 Å². The maximum Gasteiger partial charge on any atom is 0.261 e. The largest absolute Gasteiger partial charge is 0.392 e. The molecule has 0 aliphatic rings. The van der Waals surface area contributed by atoms with Gasteiger partial charge in [0.15, 0.2) is 0 Å². The van der Waals surface area contributed by atoms with E-state index >= 15 is 0 Å². The van der Waals surface area contributed by atoms with E-state index in [1.807, 2.05) is 19.1 Å². The maximum absolute atomic E-state index is 12.6. The fourth-order valence-corrected chi connectivity index (χ4v) is 2.79. The van der Waals surface area contributed by atoms with Crippen molar-refractivity contribution < 1.29 is 9.90 Å². The molecule has 6 nitrogen and oxygen atoms in total. The van der Waals surface area contributed by atoms with Crippen molar-refractivity contribution >= 4 is 28.2 Å². The van der Waals surface area contributed by atoms with Gasteiger partial charge in [0, 0.05) is 34.4 Å². The van der Waals surface area contributed by atoms with Crippen LogP contribution in [0.4, 0.5) is 11.4 Å². The van der Waals surface area contributed by atoms with Crippen molar-refractivity contribution in [2.75, 3.05) is 17.2 Å². The first-order chi connectivity index (χ1) is 12.1. The smallest absolute Gasteiger partial charge is 0.261 e. The number of carbonyl (C=O) groups excluding carboxylic acids is 1. The summed E-state index contributed by atoms with van der Waals surface area (Å²) < 4.78 is 0. The summed E-state index contributed by atoms with van der Waals surface area (Å²) in [5, 5.41) is 16.2. The first kappa shape index (κ1) is 16.7. The number of fused-ring (bicyclic) bond motifs is 1. The lowest BCUT2D eigenvalue weighted by atomic mass is 10.0. The van der Waals surface area contributed by atoms with Crippen LogP contribution < -0.4 is 16.2 Å². The number of benzene rings is 2. The molecule has 0 aliphatic heterocycles. The molecule has 0 unspecified atom stereocenters. The molecule has 6 heteroatoms. The molecule has 0 aliphatic carbocycles. The molecule has 1 aromatic heterocycles. The molecule has 25 heavy (non-hydrogen) atoms. The quantitative estimate of drug-likeness (QED) is 0.576. The molecule has 2 aromatic carbocycles. The second-order valence-electron chi connectivity index (χ2n) is 5.57. The number of aromatic nitrogens is 1. The highest BCUT2D eigenvalue weighted by Gasteiger charge is 2.19. The van der Waals surface area contributed by atoms with Crippen LogP contribution >= 0.6 is 0 Å². The number of hydrogen-bond acceptors (Lipinski definition) is 4. The average molecular weight is 337 g/mol. The summed E-state index contributed by atoms with van der Waals surface area (Å²) in [7, 11) is 0. The summed E-state index contributed by atoms with van der Waals surface area (Å²) in [5.41, 5.74) is 1.83. The summed E-state index contributed by atoms with van der Waals surface area (Å²) in [6.45, 7) is 2.41. The van der Waals surface area contributed by atoms with Gasteiger partial charge in [0.25, 0.3) is 11.5 Å². The average Bonchev–Trinajstić information content (AvgIpc) is 2.62. The molecule has 4 N–H and O–H groups in total. The molecule has 128 valence electrons. The first-order valence-corrected chi connectivity index (χ1v) is 8.04. The van der Waals surface area contributed by atoms with Gasteiger partial charge in [-0.05, 0) is 37.3 Å². The van der Waals surface area contributed by atoms with Gasteiger partial charge in [0.05, 0.1) is 6.61 Å². The molecule has 3 aromatic rings. The normalized spacial score (nSPS) is 10.6. The molecule has 1 amide bonds. The van der Waals surface area contributed by atoms with Crippen LogP contribution in [0, 0.1) is 0 Å². The fourth-order valence-electron chi connectivity index (χ4n) is 2.79. The van der Waals surface area contributed by atoms with Crippen LogP contribution in [-0.4, -0.2) is 22.5 Å². The molecule has 0 saturated heterocycles. The Bertz CT molecular complexity index is 962. The lowest BCUT2D eigenvalue weighted by Gasteiger charge is -2.11. The Morgan fingerprint density at radius 3 is 2.44 bits per heavy atom. The van der Waals surface area contributed by atoms with E-state index < -0.39 is 18.1 Å². The zero-order chi connectivity index (χ0) is 17.8. The number of H-pyrrole nitrogens is 1. The van der Waals surface area contributed by atoms with E-state index in [9.17, 15) is 14.7 Å². The Balaban J connectivity index is 1.96. The predicted molar refractivity (Wildman–Crippen MR) is 99.1 cm³/mol. The minimum absolute atomic E-state index is 0.0723. The molecule has 1 heterocycles. The highest BCUT2D eigenvalue weighted by atomic mass is 16.3. The predicted octanol–water partition coefficient (Wildman–Crippen LogP) is 2.70. The van der Waals surface area contributed by atoms with Gasteiger partial charge in [0.1, 0.15) is 5.56 Å². The van der Waals surface area contributed by atoms with Crippen LogP contribution in [0.3, 0.4) is 0 Å². The number of rotatable bonds is 5. The summed E-state index contributed by atoms with van der Waals surface area (Å²) >= 11 is 0. The van der Waals surface area contributed by atoms with Gasteiger partial charge >= 0.3 is 0 Å². The highest BCUT2D eigenvalue weighted by molar-refractivity contribution is 6.07. The summed E-state index contributed by atoms with van der Waals surface area (Å²) in [5.74, 6) is -0.549. The molecule has 0 bridgehead atoms. The van der Waals surface area contributed by atoms with Gasteiger partial charge in [-0.15, -0.1) is 0 Å². The number of amides is 1. The Labute approximate surface area is 144 Å². The van der Waals surface area contributed by atoms with Crippen molar-refractivity contribution in [3.8, 4) is 0 Å². The number of aliphatic hydroxyl groups is 1. The number of carbonyl (C=O) groups is 1. The third kappa shape index (κ3) is 3.39. The highest BCUT2D eigenvalue weighted by Crippen LogP contribution is 2.20. The van der Waals surface area contributed by atoms with Crippen molar-refractivity contribution in [2.45, 2.75) is 13.5 Å². The van der Waals surface area contributed by atoms with E-state index in [0.717, 1.165) is 12.2 Å². The minimum atomic E-state index is -0.549. The monoisotopic (exact) mass is 337 g/mol. The molecular weight excluding hydrogens is 318 g/mol. The summed E-state index contributed by atoms with van der Waals surface area (Å²) in [4.78, 5) is 27.6. The van der Waals surface area contributed by atoms with E-state index in [0.29, 0.717) is 22.2 Å². The molecule has 0 saturated carbocycles. The standard InChI is InChI=1S/C19H19N3O3/c1-2-20-12-7-9-13(10-8-12)21-18(24)17-15(11-23)14-5-3-4-6-16(14)22-19(17)25/h3-10,20,23H,2,11H2,1H3,(H,21,24)(H,22,25). The molecular formula is C19H19N3O3. The number of nitrogens with one attached hydrogen (secondary N) is 3. The summed E-state index contributed by atoms with van der Waals surface area (Å²) in [6, 6.07) is 14.3. The van der Waals surface area contributed by atoms with Gasteiger partial charge in [0.2, 0.25) is 0 Å². The van der Waals surface area contributed by atoms with Crippen LogP contribution in [0.25, 0.3) is 10.9 Å². The van der Waals surface area contributed by atoms with E-state index in [1.165, 1.54) is 0 Å². The van der Waals surface area contributed by atoms with Crippen LogP contribution in [-0.2, 0) is 6.61 Å². The second-order valence-corrected chi connectivity index (χ2v) is 5.57. The van der Waals surface area contributed by atoms with Crippen LogP contribution in [0.2, 0.25) is 0 Å². The Morgan fingerprint density at radius 1 is 1.08 bits per heavy atom. The van der Waals surface area contributed by atoms with Gasteiger partial charge in [-0.1, -0.05) is 18.2 Å². The van der Waals surface area contributed by atoms with Gasteiger partial charge < -0.3 is 20.7 Å². The second kappa shape index (κ2) is 7.19. The van der Waals surface area contributed by atoms with Crippen LogP contribution in [0.5, 0.6) is 0 Å². The zero-order valence-corrected chi connectivity index (χ0v) is 13.8. The van der Waals surface area contributed by atoms with Crippen molar-refractivity contribution in [2.24, 2.45) is 0 Å². The summed E-state index contributed by atoms with van der Waals surface area (Å²) in [6.07, 6.45) is 0. The lowest BCUT2D eigenvalue weighted by Crippen LogP contribution is -2.26. The van der Waals surface area contributed by atoms with Gasteiger partial charge in [-0.2, -0.15) is 0 Å². The van der Waals surface area contributed by atoms with Crippen molar-refractivity contribution in [3.05, 3.63) is 70.0 Å². The Morgan fingerprint density at radius 2 is 1.76 bits per heavy atom. The van der Waals surface area contributed by atoms with Gasteiger partial charge in [-0.25, -0.2) is 0 Å². The zero-order valence-electron chi connectivity index (χ0n) is 13.8. The van der Waals surface area contributed by atoms with Crippen LogP contribution in [0.1, 0.15) is 22.8 Å². The maximum atomic E-state index is 12.6. The third-order valence-electron chi connectivity index (χ3n) is 3.94. The van der Waals surface area contributed by atoms with E-state index in [4.69, 9.17) is 0 Å². The molecule has 0 atom stereocenters. The molecule has 0 fully saturated rings. The van der Waals surface area contributed by atoms with E-state index in [-0.39, 0.29) is 5.56 Å².